The Morgan fingerprint density at radius 3 is 1.83 bits per heavy atom. The van der Waals surface area contributed by atoms with E-state index >= 15 is 0 Å². The molecule has 3 N–H and O–H groups in total. The van der Waals surface area contributed by atoms with E-state index in [4.69, 9.17) is 5.11 Å². The summed E-state index contributed by atoms with van der Waals surface area (Å²) in [5.41, 5.74) is 4.63. The SMILES string of the molecule is C=CC(=O)O.CC(=O)CC(N)=O. The summed E-state index contributed by atoms with van der Waals surface area (Å²) in [7, 11) is 0. The summed E-state index contributed by atoms with van der Waals surface area (Å²) in [6.07, 6.45) is 0.694. The maximum Gasteiger partial charge on any atom is 0.327 e. The zero-order chi connectivity index (χ0) is 10.1. The molecule has 5 heteroatoms. The summed E-state index contributed by atoms with van der Waals surface area (Å²) in [5.74, 6) is -1.73. The Labute approximate surface area is 69.9 Å². The summed E-state index contributed by atoms with van der Waals surface area (Å²) in [4.78, 5) is 29.0. The van der Waals surface area contributed by atoms with Crippen LogP contribution in [0.2, 0.25) is 0 Å². The number of Topliss-reactive ketones (excluding diaryl/α,β-unsaturated/α-hetero) is 1. The molecule has 0 aromatic carbocycles. The lowest BCUT2D eigenvalue weighted by Crippen LogP contribution is -2.13. The van der Waals surface area contributed by atoms with Gasteiger partial charge in [0, 0.05) is 6.08 Å². The number of rotatable bonds is 3. The maximum atomic E-state index is 9.95. The van der Waals surface area contributed by atoms with Crippen LogP contribution in [0.5, 0.6) is 0 Å². The van der Waals surface area contributed by atoms with E-state index in [-0.39, 0.29) is 12.2 Å². The van der Waals surface area contributed by atoms with Crippen molar-refractivity contribution >= 4 is 17.7 Å². The third-order valence-electron chi connectivity index (χ3n) is 0.598. The van der Waals surface area contributed by atoms with Gasteiger partial charge in [-0.25, -0.2) is 4.79 Å². The fourth-order valence-electron chi connectivity index (χ4n) is 0.245. The Morgan fingerprint density at radius 2 is 1.83 bits per heavy atom. The molecule has 0 saturated heterocycles. The van der Waals surface area contributed by atoms with Crippen molar-refractivity contribution in [2.24, 2.45) is 5.73 Å². The Kier molecular flexibility index (Phi) is 8.06. The Balaban J connectivity index is 0. The van der Waals surface area contributed by atoms with Crippen LogP contribution in [0.3, 0.4) is 0 Å². The molecule has 0 fully saturated rings. The Bertz CT molecular complexity index is 186. The fourth-order valence-corrected chi connectivity index (χ4v) is 0.245. The van der Waals surface area contributed by atoms with Gasteiger partial charge in [-0.2, -0.15) is 0 Å². The van der Waals surface area contributed by atoms with Gasteiger partial charge in [0.2, 0.25) is 5.91 Å². The first kappa shape index (κ1) is 13.0. The van der Waals surface area contributed by atoms with Crippen molar-refractivity contribution in [1.82, 2.24) is 0 Å². The quantitative estimate of drug-likeness (QED) is 0.452. The van der Waals surface area contributed by atoms with E-state index in [0.717, 1.165) is 6.08 Å². The number of carbonyl (C=O) groups excluding carboxylic acids is 2. The van der Waals surface area contributed by atoms with Gasteiger partial charge in [-0.3, -0.25) is 9.59 Å². The summed E-state index contributed by atoms with van der Waals surface area (Å²) >= 11 is 0. The van der Waals surface area contributed by atoms with Crippen LogP contribution in [0.15, 0.2) is 12.7 Å². The number of ketones is 1. The zero-order valence-corrected chi connectivity index (χ0v) is 6.74. The lowest BCUT2D eigenvalue weighted by Gasteiger charge is -1.82. The number of aliphatic carboxylic acids is 1. The van der Waals surface area contributed by atoms with Crippen molar-refractivity contribution in [2.75, 3.05) is 0 Å². The Morgan fingerprint density at radius 1 is 1.50 bits per heavy atom. The standard InChI is InChI=1S/C4H7NO2.C3H4O2/c1-3(6)2-4(5)7;1-2-3(4)5/h2H2,1H3,(H2,5,7);2H,1H2,(H,4,5). The molecule has 0 saturated carbocycles. The largest absolute Gasteiger partial charge is 0.478 e. The molecular weight excluding hydrogens is 162 g/mol. The molecule has 5 nitrogen and oxygen atoms in total. The highest BCUT2D eigenvalue weighted by molar-refractivity contribution is 5.95. The molecule has 0 aliphatic heterocycles. The number of primary amides is 1. The number of hydrogen-bond acceptors (Lipinski definition) is 3. The molecule has 12 heavy (non-hydrogen) atoms. The highest BCUT2D eigenvalue weighted by Crippen LogP contribution is 1.75. The number of nitrogens with two attached hydrogens (primary N) is 1. The summed E-state index contributed by atoms with van der Waals surface area (Å²) in [5, 5.41) is 7.60. The van der Waals surface area contributed by atoms with Gasteiger partial charge in [-0.1, -0.05) is 6.58 Å². The number of carboxylic acid groups (broad SMARTS) is 1. The molecule has 0 spiro atoms. The average Bonchev–Trinajstić information content (AvgIpc) is 1.85. The van der Waals surface area contributed by atoms with Gasteiger partial charge in [0.25, 0.3) is 0 Å². The fraction of sp³-hybridized carbons (Fsp3) is 0.286. The molecule has 0 rings (SSSR count). The lowest BCUT2D eigenvalue weighted by atomic mass is 10.3. The van der Waals surface area contributed by atoms with E-state index in [1.165, 1.54) is 6.92 Å². The topological polar surface area (TPSA) is 97.5 Å². The second kappa shape index (κ2) is 7.46. The molecule has 0 radical (unpaired) electrons. The molecule has 0 aliphatic carbocycles. The van der Waals surface area contributed by atoms with Crippen molar-refractivity contribution in [2.45, 2.75) is 13.3 Å². The van der Waals surface area contributed by atoms with Crippen molar-refractivity contribution in [3.8, 4) is 0 Å². The molecule has 0 atom stereocenters. The van der Waals surface area contributed by atoms with Crippen molar-refractivity contribution < 1.29 is 19.5 Å². The van der Waals surface area contributed by atoms with Crippen LogP contribution < -0.4 is 5.73 Å². The first-order valence-electron chi connectivity index (χ1n) is 3.03. The predicted molar refractivity (Wildman–Crippen MR) is 42.3 cm³/mol. The molecule has 0 bridgehead atoms. The van der Waals surface area contributed by atoms with Crippen molar-refractivity contribution in [3.63, 3.8) is 0 Å². The summed E-state index contributed by atoms with van der Waals surface area (Å²) < 4.78 is 0. The number of hydrogen-bond donors (Lipinski definition) is 2. The van der Waals surface area contributed by atoms with Crippen LogP contribution in [0.4, 0.5) is 0 Å². The molecule has 0 aromatic heterocycles. The van der Waals surface area contributed by atoms with Crippen LogP contribution in [-0.4, -0.2) is 22.8 Å². The molecule has 0 heterocycles. The van der Waals surface area contributed by atoms with Crippen molar-refractivity contribution in [1.29, 1.82) is 0 Å². The predicted octanol–water partition coefficient (Wildman–Crippen LogP) is -0.292. The van der Waals surface area contributed by atoms with E-state index in [1.54, 1.807) is 0 Å². The third-order valence-corrected chi connectivity index (χ3v) is 0.598. The minimum atomic E-state index is -0.981. The van der Waals surface area contributed by atoms with Gasteiger partial charge in [-0.15, -0.1) is 0 Å². The molecule has 0 aliphatic rings. The van der Waals surface area contributed by atoms with Gasteiger partial charge in [0.05, 0.1) is 6.42 Å². The van der Waals surface area contributed by atoms with Gasteiger partial charge in [0.1, 0.15) is 5.78 Å². The first-order chi connectivity index (χ1) is 5.40. The first-order valence-corrected chi connectivity index (χ1v) is 3.03. The minimum absolute atomic E-state index is 0.139. The van der Waals surface area contributed by atoms with Crippen LogP contribution in [0.1, 0.15) is 13.3 Å². The number of carbonyl (C=O) groups is 3. The molecule has 0 unspecified atom stereocenters. The van der Waals surface area contributed by atoms with Gasteiger partial charge in [0.15, 0.2) is 0 Å². The maximum absolute atomic E-state index is 9.95. The summed E-state index contributed by atoms with van der Waals surface area (Å²) in [6.45, 7) is 4.28. The van der Waals surface area contributed by atoms with Crippen LogP contribution in [-0.2, 0) is 14.4 Å². The normalized spacial score (nSPS) is 7.42. The second-order valence-corrected chi connectivity index (χ2v) is 1.89. The lowest BCUT2D eigenvalue weighted by molar-refractivity contribution is -0.131. The highest BCUT2D eigenvalue weighted by Gasteiger charge is 1.95. The van der Waals surface area contributed by atoms with E-state index in [2.05, 4.69) is 12.3 Å². The van der Waals surface area contributed by atoms with Crippen LogP contribution >= 0.6 is 0 Å². The minimum Gasteiger partial charge on any atom is -0.478 e. The van der Waals surface area contributed by atoms with Crippen LogP contribution in [0, 0.1) is 0 Å². The van der Waals surface area contributed by atoms with Gasteiger partial charge in [-0.05, 0) is 6.92 Å². The molecule has 1 amide bonds. The van der Waals surface area contributed by atoms with Gasteiger partial charge >= 0.3 is 5.97 Å². The third kappa shape index (κ3) is 23.8. The molecular formula is C7H11NO4. The number of amides is 1. The summed E-state index contributed by atoms with van der Waals surface area (Å²) in [6, 6.07) is 0. The Hall–Kier alpha value is -1.65. The molecule has 68 valence electrons. The second-order valence-electron chi connectivity index (χ2n) is 1.89. The monoisotopic (exact) mass is 173 g/mol. The zero-order valence-electron chi connectivity index (χ0n) is 6.74. The van der Waals surface area contributed by atoms with E-state index in [9.17, 15) is 14.4 Å². The van der Waals surface area contributed by atoms with E-state index < -0.39 is 11.9 Å². The van der Waals surface area contributed by atoms with E-state index in [1.807, 2.05) is 0 Å². The average molecular weight is 173 g/mol. The molecule has 0 aromatic rings. The number of carboxylic acids is 1. The highest BCUT2D eigenvalue weighted by atomic mass is 16.4. The smallest absolute Gasteiger partial charge is 0.327 e. The van der Waals surface area contributed by atoms with Crippen molar-refractivity contribution in [3.05, 3.63) is 12.7 Å². The van der Waals surface area contributed by atoms with Crippen LogP contribution in [0.25, 0.3) is 0 Å². The van der Waals surface area contributed by atoms with Gasteiger partial charge < -0.3 is 10.8 Å². The van der Waals surface area contributed by atoms with E-state index in [0.29, 0.717) is 0 Å².